The molecule has 1 aromatic heterocycles. The van der Waals surface area contributed by atoms with E-state index in [1.54, 1.807) is 12.1 Å². The molecule has 0 N–H and O–H groups in total. The van der Waals surface area contributed by atoms with Gasteiger partial charge in [0.2, 0.25) is 0 Å². The Balaban J connectivity index is 1.88. The van der Waals surface area contributed by atoms with E-state index in [1.807, 2.05) is 6.07 Å². The first kappa shape index (κ1) is 14.4. The number of carbonyl (C=O) groups is 1. The molecular formula is C16H17BrN2O2. The molecule has 0 saturated heterocycles. The van der Waals surface area contributed by atoms with E-state index in [4.69, 9.17) is 0 Å². The molecule has 0 radical (unpaired) electrons. The molecular weight excluding hydrogens is 332 g/mol. The molecule has 1 aliphatic carbocycles. The highest BCUT2D eigenvalue weighted by Gasteiger charge is 2.21. The van der Waals surface area contributed by atoms with Gasteiger partial charge >= 0.3 is 0 Å². The third kappa shape index (κ3) is 3.07. The minimum absolute atomic E-state index is 0.115. The number of hydrogen-bond acceptors (Lipinski definition) is 3. The van der Waals surface area contributed by atoms with Crippen molar-refractivity contribution in [2.75, 3.05) is 0 Å². The minimum atomic E-state index is -0.148. The molecule has 3 rings (SSSR count). The molecule has 0 spiro atoms. The second-order valence-corrected chi connectivity index (χ2v) is 6.56. The van der Waals surface area contributed by atoms with E-state index in [2.05, 4.69) is 20.9 Å². The molecule has 0 bridgehead atoms. The van der Waals surface area contributed by atoms with Crippen molar-refractivity contribution in [2.45, 2.75) is 38.6 Å². The standard InChI is InChI=1S/C16H17BrN2O2/c17-12-6-7-14-13(8-12)16(21)19(10-18-14)9-15(20)11-4-2-1-3-5-11/h6-8,10-11H,1-5,9H2. The maximum atomic E-state index is 12.4. The van der Waals surface area contributed by atoms with Gasteiger partial charge in [0.15, 0.2) is 5.78 Å². The van der Waals surface area contributed by atoms with Crippen LogP contribution in [0.3, 0.4) is 0 Å². The van der Waals surface area contributed by atoms with Gasteiger partial charge in [0, 0.05) is 10.4 Å². The molecule has 1 fully saturated rings. The zero-order valence-electron chi connectivity index (χ0n) is 11.7. The molecule has 1 aromatic carbocycles. The first-order valence-corrected chi connectivity index (χ1v) is 8.12. The first-order chi connectivity index (χ1) is 10.1. The zero-order chi connectivity index (χ0) is 14.8. The topological polar surface area (TPSA) is 52.0 Å². The number of aromatic nitrogens is 2. The number of rotatable bonds is 3. The SMILES string of the molecule is O=C(Cn1cnc2ccc(Br)cc2c1=O)C1CCCCC1. The van der Waals surface area contributed by atoms with Crippen molar-refractivity contribution in [1.29, 1.82) is 0 Å². The van der Waals surface area contributed by atoms with Crippen LogP contribution in [0.1, 0.15) is 32.1 Å². The molecule has 110 valence electrons. The van der Waals surface area contributed by atoms with Crippen molar-refractivity contribution in [1.82, 2.24) is 9.55 Å². The zero-order valence-corrected chi connectivity index (χ0v) is 13.3. The molecule has 0 atom stereocenters. The molecule has 1 heterocycles. The number of halogens is 1. The van der Waals surface area contributed by atoms with Gasteiger partial charge in [0.1, 0.15) is 0 Å². The lowest BCUT2D eigenvalue weighted by molar-refractivity contribution is -0.124. The predicted octanol–water partition coefficient (Wildman–Crippen LogP) is 3.31. The third-order valence-electron chi connectivity index (χ3n) is 4.17. The average molecular weight is 349 g/mol. The van der Waals surface area contributed by atoms with E-state index in [9.17, 15) is 9.59 Å². The summed E-state index contributed by atoms with van der Waals surface area (Å²) in [5.41, 5.74) is 0.509. The maximum Gasteiger partial charge on any atom is 0.261 e. The van der Waals surface area contributed by atoms with Gasteiger partial charge in [-0.15, -0.1) is 0 Å². The van der Waals surface area contributed by atoms with E-state index >= 15 is 0 Å². The molecule has 21 heavy (non-hydrogen) atoms. The predicted molar refractivity (Wildman–Crippen MR) is 85.3 cm³/mol. The summed E-state index contributed by atoms with van der Waals surface area (Å²) in [6.07, 6.45) is 6.86. The molecule has 0 unspecified atom stereocenters. The number of Topliss-reactive ketones (excluding diaryl/α,β-unsaturated/α-hetero) is 1. The highest BCUT2D eigenvalue weighted by atomic mass is 79.9. The molecule has 1 saturated carbocycles. The van der Waals surface area contributed by atoms with Crippen LogP contribution < -0.4 is 5.56 Å². The first-order valence-electron chi connectivity index (χ1n) is 7.32. The highest BCUT2D eigenvalue weighted by Crippen LogP contribution is 2.24. The normalized spacial score (nSPS) is 16.2. The van der Waals surface area contributed by atoms with Crippen LogP contribution in [0.2, 0.25) is 0 Å². The van der Waals surface area contributed by atoms with Crippen LogP contribution in [-0.4, -0.2) is 15.3 Å². The van der Waals surface area contributed by atoms with Crippen LogP contribution in [0, 0.1) is 5.92 Å². The summed E-state index contributed by atoms with van der Waals surface area (Å²) < 4.78 is 2.27. The van der Waals surface area contributed by atoms with Gasteiger partial charge < -0.3 is 0 Å². The number of benzene rings is 1. The fraction of sp³-hybridized carbons (Fsp3) is 0.438. The van der Waals surface area contributed by atoms with E-state index in [-0.39, 0.29) is 23.8 Å². The summed E-state index contributed by atoms with van der Waals surface area (Å²) in [6.45, 7) is 0.138. The van der Waals surface area contributed by atoms with Crippen LogP contribution in [0.5, 0.6) is 0 Å². The number of ketones is 1. The molecule has 0 amide bonds. The Bertz CT molecular complexity index is 733. The molecule has 5 heteroatoms. The largest absolute Gasteiger partial charge is 0.297 e. The smallest absolute Gasteiger partial charge is 0.261 e. The van der Waals surface area contributed by atoms with Crippen molar-refractivity contribution in [3.63, 3.8) is 0 Å². The van der Waals surface area contributed by atoms with Gasteiger partial charge in [-0.3, -0.25) is 14.2 Å². The third-order valence-corrected chi connectivity index (χ3v) is 4.67. The Morgan fingerprint density at radius 3 is 2.81 bits per heavy atom. The fourth-order valence-corrected chi connectivity index (χ4v) is 3.33. The maximum absolute atomic E-state index is 12.4. The molecule has 0 aliphatic heterocycles. The van der Waals surface area contributed by atoms with E-state index in [1.165, 1.54) is 17.3 Å². The van der Waals surface area contributed by atoms with Crippen LogP contribution in [0.4, 0.5) is 0 Å². The van der Waals surface area contributed by atoms with E-state index < -0.39 is 0 Å². The van der Waals surface area contributed by atoms with Gasteiger partial charge in [-0.05, 0) is 31.0 Å². The summed E-state index contributed by atoms with van der Waals surface area (Å²) >= 11 is 3.36. The van der Waals surface area contributed by atoms with E-state index in [0.717, 1.165) is 30.2 Å². The number of carbonyl (C=O) groups excluding carboxylic acids is 1. The van der Waals surface area contributed by atoms with Crippen molar-refractivity contribution in [3.05, 3.63) is 39.4 Å². The second kappa shape index (κ2) is 6.10. The highest BCUT2D eigenvalue weighted by molar-refractivity contribution is 9.10. The van der Waals surface area contributed by atoms with Crippen molar-refractivity contribution in [3.8, 4) is 0 Å². The van der Waals surface area contributed by atoms with Gasteiger partial charge in [-0.25, -0.2) is 4.98 Å². The quantitative estimate of drug-likeness (QED) is 0.854. The molecule has 4 nitrogen and oxygen atoms in total. The summed E-state index contributed by atoms with van der Waals surface area (Å²) in [5, 5.41) is 0.545. The van der Waals surface area contributed by atoms with Gasteiger partial charge in [-0.1, -0.05) is 35.2 Å². The minimum Gasteiger partial charge on any atom is -0.297 e. The Kier molecular flexibility index (Phi) is 4.19. The molecule has 2 aromatic rings. The summed E-state index contributed by atoms with van der Waals surface area (Å²) in [4.78, 5) is 29.0. The van der Waals surface area contributed by atoms with E-state index in [0.29, 0.717) is 10.9 Å². The Hall–Kier alpha value is -1.49. The lowest BCUT2D eigenvalue weighted by atomic mass is 9.86. The Morgan fingerprint density at radius 2 is 2.05 bits per heavy atom. The fourth-order valence-electron chi connectivity index (χ4n) is 2.97. The van der Waals surface area contributed by atoms with Crippen LogP contribution >= 0.6 is 15.9 Å². The van der Waals surface area contributed by atoms with Crippen molar-refractivity contribution < 1.29 is 4.79 Å². The summed E-state index contributed by atoms with van der Waals surface area (Å²) in [7, 11) is 0. The van der Waals surface area contributed by atoms with Gasteiger partial charge in [-0.2, -0.15) is 0 Å². The van der Waals surface area contributed by atoms with Crippen molar-refractivity contribution in [2.24, 2.45) is 5.92 Å². The van der Waals surface area contributed by atoms with Crippen LogP contribution in [-0.2, 0) is 11.3 Å². The molecule has 1 aliphatic rings. The monoisotopic (exact) mass is 348 g/mol. The Morgan fingerprint density at radius 1 is 1.29 bits per heavy atom. The van der Waals surface area contributed by atoms with Crippen molar-refractivity contribution >= 4 is 32.6 Å². The number of hydrogen-bond donors (Lipinski definition) is 0. The van der Waals surface area contributed by atoms with Crippen LogP contribution in [0.15, 0.2) is 33.8 Å². The number of nitrogens with zero attached hydrogens (tertiary/aromatic N) is 2. The Labute approximate surface area is 131 Å². The summed E-state index contributed by atoms with van der Waals surface area (Å²) in [6, 6.07) is 5.41. The second-order valence-electron chi connectivity index (χ2n) is 5.64. The average Bonchev–Trinajstić information content (AvgIpc) is 2.51. The van der Waals surface area contributed by atoms with Gasteiger partial charge in [0.05, 0.1) is 23.8 Å². The number of fused-ring (bicyclic) bond motifs is 1. The lowest BCUT2D eigenvalue weighted by Crippen LogP contribution is -2.29. The lowest BCUT2D eigenvalue weighted by Gasteiger charge is -2.20. The van der Waals surface area contributed by atoms with Gasteiger partial charge in [0.25, 0.3) is 5.56 Å². The van der Waals surface area contributed by atoms with Crippen LogP contribution in [0.25, 0.3) is 10.9 Å². The summed E-state index contributed by atoms with van der Waals surface area (Å²) in [5.74, 6) is 0.275.